The van der Waals surface area contributed by atoms with Crippen molar-refractivity contribution in [2.45, 2.75) is 51.2 Å². The highest BCUT2D eigenvalue weighted by atomic mass is 19.1. The summed E-state index contributed by atoms with van der Waals surface area (Å²) < 4.78 is 15.2. The van der Waals surface area contributed by atoms with Gasteiger partial charge in [-0.3, -0.25) is 9.80 Å². The minimum Gasteiger partial charge on any atom is -0.298 e. The maximum atomic E-state index is 13.4. The Balaban J connectivity index is 1.41. The zero-order chi connectivity index (χ0) is 21.9. The van der Waals surface area contributed by atoms with Crippen molar-refractivity contribution in [3.63, 3.8) is 0 Å². The van der Waals surface area contributed by atoms with E-state index in [1.165, 1.54) is 48.9 Å². The van der Waals surface area contributed by atoms with Gasteiger partial charge in [0, 0.05) is 32.2 Å². The van der Waals surface area contributed by atoms with Crippen LogP contribution in [0.3, 0.4) is 0 Å². The van der Waals surface area contributed by atoms with E-state index in [2.05, 4.69) is 56.5 Å². The highest BCUT2D eigenvalue weighted by molar-refractivity contribution is 5.29. The fourth-order valence-electron chi connectivity index (χ4n) is 5.18. The van der Waals surface area contributed by atoms with E-state index in [-0.39, 0.29) is 11.9 Å². The second-order valence-electron chi connectivity index (χ2n) is 9.14. The average molecular weight is 435 g/mol. The van der Waals surface area contributed by atoms with Crippen LogP contribution in [0, 0.1) is 12.7 Å². The Labute approximate surface area is 189 Å². The van der Waals surface area contributed by atoms with E-state index in [1.807, 2.05) is 4.68 Å². The van der Waals surface area contributed by atoms with Crippen molar-refractivity contribution in [1.29, 1.82) is 0 Å². The highest BCUT2D eigenvalue weighted by Crippen LogP contribution is 2.31. The van der Waals surface area contributed by atoms with Gasteiger partial charge in [-0.2, -0.15) is 0 Å². The minimum absolute atomic E-state index is 0.00298. The zero-order valence-electron chi connectivity index (χ0n) is 18.7. The van der Waals surface area contributed by atoms with Crippen LogP contribution in [-0.4, -0.2) is 62.2 Å². The van der Waals surface area contributed by atoms with Gasteiger partial charge in [-0.1, -0.05) is 54.8 Å². The van der Waals surface area contributed by atoms with E-state index in [0.717, 1.165) is 43.6 Å². The largest absolute Gasteiger partial charge is 0.298 e. The maximum absolute atomic E-state index is 13.4. The lowest BCUT2D eigenvalue weighted by molar-refractivity contribution is 0.0771. The number of rotatable bonds is 6. The van der Waals surface area contributed by atoms with Crippen LogP contribution < -0.4 is 0 Å². The number of piperazine rings is 1. The van der Waals surface area contributed by atoms with E-state index in [4.69, 9.17) is 0 Å². The van der Waals surface area contributed by atoms with Crippen molar-refractivity contribution in [3.05, 3.63) is 76.9 Å². The predicted octanol–water partition coefficient (Wildman–Crippen LogP) is 3.82. The van der Waals surface area contributed by atoms with Gasteiger partial charge in [0.05, 0.1) is 12.6 Å². The first-order valence-electron chi connectivity index (χ1n) is 11.7. The van der Waals surface area contributed by atoms with Crippen LogP contribution >= 0.6 is 0 Å². The molecule has 0 spiro atoms. The fourth-order valence-corrected chi connectivity index (χ4v) is 5.18. The molecule has 1 saturated heterocycles. The van der Waals surface area contributed by atoms with Crippen LogP contribution in [0.25, 0.3) is 0 Å². The number of hydrogen-bond acceptors (Lipinski definition) is 5. The number of benzene rings is 2. The molecule has 1 atom stereocenters. The summed E-state index contributed by atoms with van der Waals surface area (Å²) in [5, 5.41) is 12.8. The smallest absolute Gasteiger partial charge is 0.173 e. The van der Waals surface area contributed by atoms with Crippen molar-refractivity contribution in [2.75, 3.05) is 26.2 Å². The Morgan fingerprint density at radius 3 is 2.31 bits per heavy atom. The molecule has 1 aliphatic carbocycles. The SMILES string of the molecule is Cc1ccc([C@@H](c2nnnn2Cc2ccc(F)cc2)N2CCN(C3CCCC3)CC2)cc1. The summed E-state index contributed by atoms with van der Waals surface area (Å²) in [4.78, 5) is 5.19. The summed E-state index contributed by atoms with van der Waals surface area (Å²) in [5.41, 5.74) is 3.43. The molecule has 6 nitrogen and oxygen atoms in total. The summed E-state index contributed by atoms with van der Waals surface area (Å²) in [6.45, 7) is 6.81. The highest BCUT2D eigenvalue weighted by Gasteiger charge is 2.33. The molecule has 0 amide bonds. The Kier molecular flexibility index (Phi) is 6.28. The number of nitrogens with zero attached hydrogens (tertiary/aromatic N) is 6. The molecule has 0 N–H and O–H groups in total. The van der Waals surface area contributed by atoms with Gasteiger partial charge in [0.15, 0.2) is 5.82 Å². The molecule has 2 aliphatic rings. The molecule has 0 radical (unpaired) electrons. The van der Waals surface area contributed by atoms with Crippen LogP contribution in [0.4, 0.5) is 4.39 Å². The first-order valence-corrected chi connectivity index (χ1v) is 11.7. The third kappa shape index (κ3) is 4.59. The second kappa shape index (κ2) is 9.46. The van der Waals surface area contributed by atoms with Gasteiger partial charge in [-0.15, -0.1) is 5.10 Å². The Hall–Kier alpha value is -2.64. The van der Waals surface area contributed by atoms with Crippen LogP contribution in [0.15, 0.2) is 48.5 Å². The van der Waals surface area contributed by atoms with Crippen LogP contribution in [0.1, 0.15) is 54.2 Å². The van der Waals surface area contributed by atoms with Gasteiger partial charge in [0.2, 0.25) is 0 Å². The summed E-state index contributed by atoms with van der Waals surface area (Å²) in [6.07, 6.45) is 5.43. The van der Waals surface area contributed by atoms with Gasteiger partial charge in [-0.25, -0.2) is 9.07 Å². The Bertz CT molecular complexity index is 1000. The van der Waals surface area contributed by atoms with Gasteiger partial charge in [-0.05, 0) is 53.5 Å². The van der Waals surface area contributed by atoms with Crippen LogP contribution in [0.2, 0.25) is 0 Å². The first-order chi connectivity index (χ1) is 15.7. The lowest BCUT2D eigenvalue weighted by atomic mass is 10.0. The van der Waals surface area contributed by atoms with Gasteiger partial charge >= 0.3 is 0 Å². The van der Waals surface area contributed by atoms with Crippen molar-refractivity contribution < 1.29 is 4.39 Å². The van der Waals surface area contributed by atoms with Crippen LogP contribution in [0.5, 0.6) is 0 Å². The Morgan fingerprint density at radius 1 is 0.938 bits per heavy atom. The molecular formula is C25H31FN6. The number of tetrazole rings is 1. The molecule has 1 saturated carbocycles. The van der Waals surface area contributed by atoms with Gasteiger partial charge in [0.1, 0.15) is 5.82 Å². The van der Waals surface area contributed by atoms with Gasteiger partial charge < -0.3 is 0 Å². The molecule has 1 aliphatic heterocycles. The minimum atomic E-state index is -0.233. The monoisotopic (exact) mass is 434 g/mol. The summed E-state index contributed by atoms with van der Waals surface area (Å²) in [7, 11) is 0. The van der Waals surface area contributed by atoms with Crippen molar-refractivity contribution in [3.8, 4) is 0 Å². The van der Waals surface area contributed by atoms with Gasteiger partial charge in [0.25, 0.3) is 0 Å². The zero-order valence-corrected chi connectivity index (χ0v) is 18.7. The summed E-state index contributed by atoms with van der Waals surface area (Å²) in [5.74, 6) is 0.607. The standard InChI is InChI=1S/C25H31FN6/c1-19-6-10-21(11-7-19)24(31-16-14-30(15-17-31)23-4-2-3-5-23)25-27-28-29-32(25)18-20-8-12-22(26)13-9-20/h6-13,23-24H,2-5,14-18H2,1H3/t24-/m0/s1. The summed E-state index contributed by atoms with van der Waals surface area (Å²) >= 11 is 0. The summed E-state index contributed by atoms with van der Waals surface area (Å²) in [6, 6.07) is 16.0. The molecule has 2 fully saturated rings. The molecule has 2 aromatic carbocycles. The third-order valence-electron chi connectivity index (χ3n) is 7.00. The topological polar surface area (TPSA) is 50.1 Å². The molecule has 0 bridgehead atoms. The second-order valence-corrected chi connectivity index (χ2v) is 9.14. The van der Waals surface area contributed by atoms with Crippen molar-refractivity contribution in [2.24, 2.45) is 0 Å². The third-order valence-corrected chi connectivity index (χ3v) is 7.00. The molecule has 0 unspecified atom stereocenters. The molecular weight excluding hydrogens is 403 g/mol. The number of aromatic nitrogens is 4. The van der Waals surface area contributed by atoms with E-state index < -0.39 is 0 Å². The normalized spacial score (nSPS) is 19.4. The molecule has 1 aromatic heterocycles. The predicted molar refractivity (Wildman–Crippen MR) is 122 cm³/mol. The van der Waals surface area contributed by atoms with Crippen molar-refractivity contribution >= 4 is 0 Å². The first kappa shape index (κ1) is 21.2. The molecule has 32 heavy (non-hydrogen) atoms. The van der Waals surface area contributed by atoms with E-state index in [9.17, 15) is 4.39 Å². The van der Waals surface area contributed by atoms with E-state index in [1.54, 1.807) is 12.1 Å². The molecule has 3 aromatic rings. The van der Waals surface area contributed by atoms with Crippen LogP contribution in [-0.2, 0) is 6.54 Å². The maximum Gasteiger partial charge on any atom is 0.173 e. The fraction of sp³-hybridized carbons (Fsp3) is 0.480. The average Bonchev–Trinajstić information content (AvgIpc) is 3.50. The molecule has 2 heterocycles. The number of hydrogen-bond donors (Lipinski definition) is 0. The van der Waals surface area contributed by atoms with E-state index >= 15 is 0 Å². The number of aryl methyl sites for hydroxylation is 1. The van der Waals surface area contributed by atoms with Crippen molar-refractivity contribution in [1.82, 2.24) is 30.0 Å². The number of halogens is 1. The van der Waals surface area contributed by atoms with E-state index in [0.29, 0.717) is 6.54 Å². The quantitative estimate of drug-likeness (QED) is 0.590. The molecule has 168 valence electrons. The lowest BCUT2D eigenvalue weighted by Crippen LogP contribution is -2.51. The Morgan fingerprint density at radius 2 is 1.62 bits per heavy atom. The molecule has 5 rings (SSSR count). The molecule has 7 heteroatoms. The lowest BCUT2D eigenvalue weighted by Gasteiger charge is -2.41.